The van der Waals surface area contributed by atoms with Crippen LogP contribution in [0.15, 0.2) is 42.5 Å². The number of fused-ring (bicyclic) bond motifs is 1. The highest BCUT2D eigenvalue weighted by atomic mass is 16.2. The van der Waals surface area contributed by atoms with Gasteiger partial charge in [-0.25, -0.2) is 4.79 Å². The molecular weight excluding hydrogens is 262 g/mol. The second-order valence-corrected chi connectivity index (χ2v) is 5.92. The monoisotopic (exact) mass is 283 g/mol. The van der Waals surface area contributed by atoms with Gasteiger partial charge in [-0.3, -0.25) is 0 Å². The standard InChI is InChI=1S/C17H21N3O/c1-17(9-11-18-12-10-17)20-16(21)19-15-8-4-6-13-5-2-3-7-14(13)15/h2-8,18H,9-12H2,1H3,(H2,19,20,21). The molecule has 0 aliphatic carbocycles. The number of rotatable bonds is 2. The first-order valence-electron chi connectivity index (χ1n) is 7.44. The first-order chi connectivity index (χ1) is 10.2. The Morgan fingerprint density at radius 1 is 1.10 bits per heavy atom. The molecule has 0 aromatic heterocycles. The van der Waals surface area contributed by atoms with Crippen LogP contribution in [0.5, 0.6) is 0 Å². The van der Waals surface area contributed by atoms with Gasteiger partial charge in [0, 0.05) is 10.9 Å². The van der Waals surface area contributed by atoms with E-state index in [1.165, 1.54) is 0 Å². The van der Waals surface area contributed by atoms with E-state index in [1.807, 2.05) is 42.5 Å². The first kappa shape index (κ1) is 13.9. The van der Waals surface area contributed by atoms with Crippen molar-refractivity contribution in [2.75, 3.05) is 18.4 Å². The van der Waals surface area contributed by atoms with E-state index in [9.17, 15) is 4.79 Å². The molecule has 3 N–H and O–H groups in total. The number of amides is 2. The summed E-state index contributed by atoms with van der Waals surface area (Å²) in [6.45, 7) is 4.01. The number of carbonyl (C=O) groups excluding carboxylic acids is 1. The number of hydrogen-bond acceptors (Lipinski definition) is 2. The van der Waals surface area contributed by atoms with Gasteiger partial charge < -0.3 is 16.0 Å². The summed E-state index contributed by atoms with van der Waals surface area (Å²) in [7, 11) is 0. The van der Waals surface area contributed by atoms with Crippen molar-refractivity contribution in [1.29, 1.82) is 0 Å². The van der Waals surface area contributed by atoms with Gasteiger partial charge in [-0.1, -0.05) is 36.4 Å². The highest BCUT2D eigenvalue weighted by Gasteiger charge is 2.28. The molecule has 21 heavy (non-hydrogen) atoms. The summed E-state index contributed by atoms with van der Waals surface area (Å²) in [5.74, 6) is 0. The molecule has 110 valence electrons. The summed E-state index contributed by atoms with van der Waals surface area (Å²) in [4.78, 5) is 12.3. The zero-order valence-corrected chi connectivity index (χ0v) is 12.3. The molecule has 0 bridgehead atoms. The molecule has 1 fully saturated rings. The predicted molar refractivity (Wildman–Crippen MR) is 86.6 cm³/mol. The van der Waals surface area contributed by atoms with Crippen LogP contribution < -0.4 is 16.0 Å². The van der Waals surface area contributed by atoms with Gasteiger partial charge in [-0.2, -0.15) is 0 Å². The van der Waals surface area contributed by atoms with Gasteiger partial charge in [0.2, 0.25) is 0 Å². The van der Waals surface area contributed by atoms with E-state index in [1.54, 1.807) is 0 Å². The van der Waals surface area contributed by atoms with E-state index >= 15 is 0 Å². The Morgan fingerprint density at radius 3 is 2.62 bits per heavy atom. The highest BCUT2D eigenvalue weighted by Crippen LogP contribution is 2.23. The molecule has 1 aliphatic rings. The number of carbonyl (C=O) groups is 1. The van der Waals surface area contributed by atoms with Crippen LogP contribution >= 0.6 is 0 Å². The third-order valence-corrected chi connectivity index (χ3v) is 4.16. The molecule has 2 amide bonds. The number of nitrogens with one attached hydrogen (secondary N) is 3. The minimum atomic E-state index is -0.129. The minimum Gasteiger partial charge on any atom is -0.333 e. The molecular formula is C17H21N3O. The number of urea groups is 1. The van der Waals surface area contributed by atoms with Crippen LogP contribution in [0.4, 0.5) is 10.5 Å². The average molecular weight is 283 g/mol. The zero-order chi connectivity index (χ0) is 14.7. The third kappa shape index (κ3) is 3.16. The molecule has 0 unspecified atom stereocenters. The Morgan fingerprint density at radius 2 is 1.81 bits per heavy atom. The SMILES string of the molecule is CC1(NC(=O)Nc2cccc3ccccc23)CCNCC1. The topological polar surface area (TPSA) is 53.2 Å². The Labute approximate surface area is 124 Å². The fourth-order valence-corrected chi connectivity index (χ4v) is 2.87. The number of piperidine rings is 1. The molecule has 0 saturated carbocycles. The van der Waals surface area contributed by atoms with Crippen LogP contribution in [0, 0.1) is 0 Å². The molecule has 2 aromatic carbocycles. The minimum absolute atomic E-state index is 0.125. The molecule has 4 nitrogen and oxygen atoms in total. The first-order valence-corrected chi connectivity index (χ1v) is 7.44. The molecule has 4 heteroatoms. The van der Waals surface area contributed by atoms with E-state index in [4.69, 9.17) is 0 Å². The van der Waals surface area contributed by atoms with Gasteiger partial charge in [0.05, 0.1) is 5.69 Å². The van der Waals surface area contributed by atoms with Crippen molar-refractivity contribution in [3.63, 3.8) is 0 Å². The van der Waals surface area contributed by atoms with E-state index in [-0.39, 0.29) is 11.6 Å². The number of benzene rings is 2. The summed E-state index contributed by atoms with van der Waals surface area (Å²) >= 11 is 0. The van der Waals surface area contributed by atoms with Gasteiger partial charge in [-0.05, 0) is 44.3 Å². The van der Waals surface area contributed by atoms with E-state index < -0.39 is 0 Å². The van der Waals surface area contributed by atoms with E-state index in [2.05, 4.69) is 22.9 Å². The molecule has 0 radical (unpaired) electrons. The molecule has 0 spiro atoms. The Kier molecular flexibility index (Phi) is 3.80. The molecule has 1 heterocycles. The van der Waals surface area contributed by atoms with Crippen molar-refractivity contribution in [1.82, 2.24) is 10.6 Å². The van der Waals surface area contributed by atoms with Crippen molar-refractivity contribution in [3.8, 4) is 0 Å². The summed E-state index contributed by atoms with van der Waals surface area (Å²) in [5.41, 5.74) is 0.725. The van der Waals surface area contributed by atoms with Crippen LogP contribution in [0.2, 0.25) is 0 Å². The van der Waals surface area contributed by atoms with Crippen LogP contribution in [-0.2, 0) is 0 Å². The summed E-state index contributed by atoms with van der Waals surface area (Å²) in [6.07, 6.45) is 1.91. The summed E-state index contributed by atoms with van der Waals surface area (Å²) < 4.78 is 0. The third-order valence-electron chi connectivity index (χ3n) is 4.16. The van der Waals surface area contributed by atoms with Crippen LogP contribution in [0.25, 0.3) is 10.8 Å². The zero-order valence-electron chi connectivity index (χ0n) is 12.3. The molecule has 0 atom stereocenters. The smallest absolute Gasteiger partial charge is 0.319 e. The lowest BCUT2D eigenvalue weighted by Gasteiger charge is -2.34. The van der Waals surface area contributed by atoms with Crippen molar-refractivity contribution >= 4 is 22.5 Å². The van der Waals surface area contributed by atoms with Crippen LogP contribution in [-0.4, -0.2) is 24.7 Å². The lowest BCUT2D eigenvalue weighted by atomic mass is 9.91. The number of anilines is 1. The number of hydrogen-bond donors (Lipinski definition) is 3. The molecule has 3 rings (SSSR count). The second-order valence-electron chi connectivity index (χ2n) is 5.92. The predicted octanol–water partition coefficient (Wildman–Crippen LogP) is 3.10. The van der Waals surface area contributed by atoms with Gasteiger partial charge in [0.25, 0.3) is 0 Å². The van der Waals surface area contributed by atoms with Gasteiger partial charge in [0.1, 0.15) is 0 Å². The molecule has 2 aromatic rings. The fourth-order valence-electron chi connectivity index (χ4n) is 2.87. The Balaban J connectivity index is 1.74. The van der Waals surface area contributed by atoms with Crippen LogP contribution in [0.1, 0.15) is 19.8 Å². The Bertz CT molecular complexity index is 642. The van der Waals surface area contributed by atoms with Gasteiger partial charge in [0.15, 0.2) is 0 Å². The van der Waals surface area contributed by atoms with Gasteiger partial charge in [-0.15, -0.1) is 0 Å². The van der Waals surface area contributed by atoms with Gasteiger partial charge >= 0.3 is 6.03 Å². The second kappa shape index (κ2) is 5.74. The van der Waals surface area contributed by atoms with Crippen molar-refractivity contribution in [2.45, 2.75) is 25.3 Å². The normalized spacial score (nSPS) is 17.4. The van der Waals surface area contributed by atoms with Crippen molar-refractivity contribution in [2.24, 2.45) is 0 Å². The highest BCUT2D eigenvalue weighted by molar-refractivity contribution is 6.01. The lowest BCUT2D eigenvalue weighted by molar-refractivity contribution is 0.225. The lowest BCUT2D eigenvalue weighted by Crippen LogP contribution is -2.53. The van der Waals surface area contributed by atoms with Crippen molar-refractivity contribution in [3.05, 3.63) is 42.5 Å². The maximum Gasteiger partial charge on any atom is 0.319 e. The molecule has 1 saturated heterocycles. The average Bonchev–Trinajstić information content (AvgIpc) is 2.48. The van der Waals surface area contributed by atoms with Crippen LogP contribution in [0.3, 0.4) is 0 Å². The summed E-state index contributed by atoms with van der Waals surface area (Å²) in [5, 5.41) is 11.6. The van der Waals surface area contributed by atoms with Crippen molar-refractivity contribution < 1.29 is 4.79 Å². The molecule has 1 aliphatic heterocycles. The summed E-state index contributed by atoms with van der Waals surface area (Å²) in [6, 6.07) is 13.9. The quantitative estimate of drug-likeness (QED) is 0.793. The largest absolute Gasteiger partial charge is 0.333 e. The maximum absolute atomic E-state index is 12.3. The fraction of sp³-hybridized carbons (Fsp3) is 0.353. The van der Waals surface area contributed by atoms with E-state index in [0.717, 1.165) is 42.4 Å². The maximum atomic E-state index is 12.3. The van der Waals surface area contributed by atoms with E-state index in [0.29, 0.717) is 0 Å². The Hall–Kier alpha value is -2.07.